The first kappa shape index (κ1) is 19.0. The van der Waals surface area contributed by atoms with Gasteiger partial charge in [-0.25, -0.2) is 4.79 Å². The average Bonchev–Trinajstić information content (AvgIpc) is 3.52. The van der Waals surface area contributed by atoms with Crippen molar-refractivity contribution in [3.05, 3.63) is 82.3 Å². The maximum Gasteiger partial charge on any atom is 0.339 e. The quantitative estimate of drug-likeness (QED) is 0.422. The van der Waals surface area contributed by atoms with Crippen molar-refractivity contribution in [2.24, 2.45) is 0 Å². The lowest BCUT2D eigenvalue weighted by Crippen LogP contribution is -2.24. The minimum Gasteiger partial charge on any atom is -0.462 e. The number of rotatable bonds is 4. The van der Waals surface area contributed by atoms with Gasteiger partial charge in [-0.05, 0) is 42.3 Å². The van der Waals surface area contributed by atoms with E-state index in [1.165, 1.54) is 0 Å². The van der Waals surface area contributed by atoms with E-state index in [0.717, 1.165) is 33.4 Å². The summed E-state index contributed by atoms with van der Waals surface area (Å²) in [5, 5.41) is 11.3. The first-order valence-electron chi connectivity index (χ1n) is 10.7. The summed E-state index contributed by atoms with van der Waals surface area (Å²) in [7, 11) is 0. The molecule has 7 nitrogen and oxygen atoms in total. The molecular formula is C25H22N2O5. The predicted octanol–water partition coefficient (Wildman–Crippen LogP) is 3.91. The molecule has 0 spiro atoms. The molecule has 2 aromatic carbocycles. The number of carbonyl (C=O) groups is 1. The molecule has 2 aromatic heterocycles. The molecule has 0 aliphatic carbocycles. The second kappa shape index (κ2) is 7.17. The van der Waals surface area contributed by atoms with Gasteiger partial charge in [0.05, 0.1) is 24.8 Å². The fourth-order valence-electron chi connectivity index (χ4n) is 4.97. The first-order chi connectivity index (χ1) is 15.7. The number of aliphatic hydroxyl groups excluding tert-OH is 1. The van der Waals surface area contributed by atoms with Gasteiger partial charge >= 0.3 is 5.97 Å². The summed E-state index contributed by atoms with van der Waals surface area (Å²) in [6.45, 7) is 2.09. The van der Waals surface area contributed by atoms with E-state index in [-0.39, 0.29) is 25.4 Å². The summed E-state index contributed by atoms with van der Waals surface area (Å²) < 4.78 is 18.5. The van der Waals surface area contributed by atoms with Gasteiger partial charge in [-0.15, -0.1) is 0 Å². The SMILES string of the molecule is CCOC(=O)c1cc(CO)n2c1Cc1c([nH]c3ccccc13)C2c1ccc2c(c1)OCO2. The van der Waals surface area contributed by atoms with Crippen LogP contribution in [0.2, 0.25) is 0 Å². The van der Waals surface area contributed by atoms with Crippen LogP contribution in [-0.2, 0) is 17.8 Å². The van der Waals surface area contributed by atoms with Gasteiger partial charge in [-0.2, -0.15) is 0 Å². The van der Waals surface area contributed by atoms with Gasteiger partial charge in [0, 0.05) is 34.4 Å². The molecule has 7 heteroatoms. The minimum atomic E-state index is -0.372. The number of carbonyl (C=O) groups excluding carboxylic acids is 1. The van der Waals surface area contributed by atoms with Crippen LogP contribution in [-0.4, -0.2) is 34.0 Å². The highest BCUT2D eigenvalue weighted by Crippen LogP contribution is 2.44. The zero-order valence-corrected chi connectivity index (χ0v) is 17.6. The largest absolute Gasteiger partial charge is 0.462 e. The molecule has 0 radical (unpaired) electrons. The number of benzene rings is 2. The molecule has 2 aliphatic heterocycles. The van der Waals surface area contributed by atoms with Gasteiger partial charge in [-0.3, -0.25) is 0 Å². The molecule has 2 aliphatic rings. The van der Waals surface area contributed by atoms with Crippen LogP contribution in [0.4, 0.5) is 0 Å². The standard InChI is InChI=1S/C25H22N2O5/c1-2-30-25(29)18-10-15(12-28)27-20(18)11-17-16-5-3-4-6-19(16)26-23(17)24(27)14-7-8-21-22(9-14)32-13-31-21/h3-10,24,26,28H,2,11-13H2,1H3. The second-order valence-electron chi connectivity index (χ2n) is 8.00. The minimum absolute atomic E-state index is 0.191. The number of aromatic nitrogens is 2. The van der Waals surface area contributed by atoms with Gasteiger partial charge in [0.15, 0.2) is 11.5 Å². The van der Waals surface area contributed by atoms with Crippen molar-refractivity contribution < 1.29 is 24.1 Å². The molecular weight excluding hydrogens is 408 g/mol. The Balaban J connectivity index is 1.62. The topological polar surface area (TPSA) is 85.7 Å². The van der Waals surface area contributed by atoms with Gasteiger partial charge in [-0.1, -0.05) is 24.3 Å². The van der Waals surface area contributed by atoms with E-state index in [1.54, 1.807) is 13.0 Å². The number of para-hydroxylation sites is 1. The Labute approximate surface area is 184 Å². The van der Waals surface area contributed by atoms with Crippen molar-refractivity contribution in [3.8, 4) is 11.5 Å². The van der Waals surface area contributed by atoms with E-state index >= 15 is 0 Å². The number of aliphatic hydroxyl groups is 1. The molecule has 2 N–H and O–H groups in total. The van der Waals surface area contributed by atoms with E-state index in [0.29, 0.717) is 35.8 Å². The van der Waals surface area contributed by atoms with E-state index in [9.17, 15) is 9.90 Å². The Bertz CT molecular complexity index is 1370. The average molecular weight is 430 g/mol. The molecule has 4 aromatic rings. The number of H-pyrrole nitrogens is 1. The third kappa shape index (κ3) is 2.67. The number of aromatic amines is 1. The number of ether oxygens (including phenoxy) is 3. The molecule has 1 atom stereocenters. The number of hydrogen-bond donors (Lipinski definition) is 2. The smallest absolute Gasteiger partial charge is 0.339 e. The fraction of sp³-hybridized carbons (Fsp3) is 0.240. The summed E-state index contributed by atoms with van der Waals surface area (Å²) in [4.78, 5) is 16.4. The number of hydrogen-bond acceptors (Lipinski definition) is 5. The number of nitrogens with zero attached hydrogens (tertiary/aromatic N) is 1. The van der Waals surface area contributed by atoms with E-state index in [1.807, 2.05) is 30.3 Å². The third-order valence-electron chi connectivity index (χ3n) is 6.31. The lowest BCUT2D eigenvalue weighted by atomic mass is 9.91. The molecule has 0 bridgehead atoms. The first-order valence-corrected chi connectivity index (χ1v) is 10.7. The normalized spacial score (nSPS) is 16.1. The molecule has 0 saturated heterocycles. The molecule has 0 fully saturated rings. The monoisotopic (exact) mass is 430 g/mol. The van der Waals surface area contributed by atoms with Crippen LogP contribution in [0.1, 0.15) is 51.5 Å². The molecule has 1 unspecified atom stereocenters. The number of fused-ring (bicyclic) bond motifs is 5. The Morgan fingerprint density at radius 2 is 2.03 bits per heavy atom. The Kier molecular flexibility index (Phi) is 4.26. The highest BCUT2D eigenvalue weighted by atomic mass is 16.7. The summed E-state index contributed by atoms with van der Waals surface area (Å²) in [5.74, 6) is 1.03. The maximum absolute atomic E-state index is 12.8. The summed E-state index contributed by atoms with van der Waals surface area (Å²) in [6.07, 6.45) is 0.564. The molecule has 32 heavy (non-hydrogen) atoms. The van der Waals surface area contributed by atoms with Crippen LogP contribution in [0.15, 0.2) is 48.5 Å². The lowest BCUT2D eigenvalue weighted by molar-refractivity contribution is 0.0525. The van der Waals surface area contributed by atoms with E-state index in [4.69, 9.17) is 14.2 Å². The van der Waals surface area contributed by atoms with Crippen LogP contribution in [0.3, 0.4) is 0 Å². The predicted molar refractivity (Wildman–Crippen MR) is 117 cm³/mol. The fourth-order valence-corrected chi connectivity index (χ4v) is 4.97. The van der Waals surface area contributed by atoms with Crippen molar-refractivity contribution in [2.45, 2.75) is 26.0 Å². The Morgan fingerprint density at radius 3 is 2.88 bits per heavy atom. The summed E-state index contributed by atoms with van der Waals surface area (Å²) >= 11 is 0. The van der Waals surface area contributed by atoms with Crippen molar-refractivity contribution >= 4 is 16.9 Å². The lowest BCUT2D eigenvalue weighted by Gasteiger charge is -2.29. The molecule has 0 amide bonds. The molecule has 6 rings (SSSR count). The van der Waals surface area contributed by atoms with Crippen LogP contribution in [0.25, 0.3) is 10.9 Å². The maximum atomic E-state index is 12.8. The van der Waals surface area contributed by atoms with Crippen molar-refractivity contribution in [2.75, 3.05) is 13.4 Å². The summed E-state index contributed by atoms with van der Waals surface area (Å²) in [5.41, 5.74) is 6.20. The van der Waals surface area contributed by atoms with Gasteiger partial charge in [0.1, 0.15) is 0 Å². The zero-order valence-electron chi connectivity index (χ0n) is 17.6. The second-order valence-corrected chi connectivity index (χ2v) is 8.00. The molecule has 162 valence electrons. The Morgan fingerprint density at radius 1 is 1.19 bits per heavy atom. The number of nitrogens with one attached hydrogen (secondary N) is 1. The van der Waals surface area contributed by atoms with Gasteiger partial charge in [0.2, 0.25) is 6.79 Å². The van der Waals surface area contributed by atoms with E-state index < -0.39 is 0 Å². The number of esters is 1. The highest BCUT2D eigenvalue weighted by molar-refractivity contribution is 5.93. The van der Waals surface area contributed by atoms with Gasteiger partial charge < -0.3 is 28.9 Å². The van der Waals surface area contributed by atoms with Crippen LogP contribution in [0, 0.1) is 0 Å². The van der Waals surface area contributed by atoms with Crippen LogP contribution < -0.4 is 9.47 Å². The zero-order chi connectivity index (χ0) is 21.8. The van der Waals surface area contributed by atoms with Crippen LogP contribution in [0.5, 0.6) is 11.5 Å². The molecule has 4 heterocycles. The summed E-state index contributed by atoms with van der Waals surface area (Å²) in [6, 6.07) is 15.5. The Hall–Kier alpha value is -3.71. The molecule has 0 saturated carbocycles. The van der Waals surface area contributed by atoms with Gasteiger partial charge in [0.25, 0.3) is 0 Å². The van der Waals surface area contributed by atoms with E-state index in [2.05, 4.69) is 21.7 Å². The van der Waals surface area contributed by atoms with Crippen molar-refractivity contribution in [3.63, 3.8) is 0 Å². The third-order valence-corrected chi connectivity index (χ3v) is 6.31. The highest BCUT2D eigenvalue weighted by Gasteiger charge is 2.35. The van der Waals surface area contributed by atoms with Crippen molar-refractivity contribution in [1.82, 2.24) is 9.55 Å². The van der Waals surface area contributed by atoms with Crippen molar-refractivity contribution in [1.29, 1.82) is 0 Å². The van der Waals surface area contributed by atoms with Crippen LogP contribution >= 0.6 is 0 Å².